The van der Waals surface area contributed by atoms with E-state index in [0.29, 0.717) is 5.92 Å². The quantitative estimate of drug-likeness (QED) is 0.839. The molecule has 0 bridgehead atoms. The van der Waals surface area contributed by atoms with Crippen LogP contribution < -0.4 is 5.32 Å². The maximum absolute atomic E-state index is 6.05. The highest BCUT2D eigenvalue weighted by Gasteiger charge is 2.19. The van der Waals surface area contributed by atoms with Crippen molar-refractivity contribution < 1.29 is 9.47 Å². The van der Waals surface area contributed by atoms with Crippen molar-refractivity contribution in [3.8, 4) is 0 Å². The Morgan fingerprint density at radius 2 is 2.17 bits per heavy atom. The summed E-state index contributed by atoms with van der Waals surface area (Å²) in [5.41, 5.74) is 2.53. The van der Waals surface area contributed by atoms with Crippen molar-refractivity contribution in [3.05, 3.63) is 35.4 Å². The molecule has 18 heavy (non-hydrogen) atoms. The molecule has 2 unspecified atom stereocenters. The van der Waals surface area contributed by atoms with Gasteiger partial charge in [-0.3, -0.25) is 0 Å². The Balaban J connectivity index is 1.91. The lowest BCUT2D eigenvalue weighted by molar-refractivity contribution is 0.0264. The molecule has 1 saturated heterocycles. The molecule has 1 heterocycles. The fourth-order valence-electron chi connectivity index (χ4n) is 2.21. The standard InChI is InChI=1S/C15H23NO2/c1-12-3-5-14(6-4-12)15(9-16-2)18-11-13-7-8-17-10-13/h3-6,13,15-16H,7-11H2,1-2H3. The Kier molecular flexibility index (Phi) is 5.17. The molecule has 1 aliphatic rings. The van der Waals surface area contributed by atoms with Crippen molar-refractivity contribution in [2.45, 2.75) is 19.4 Å². The van der Waals surface area contributed by atoms with Crippen LogP contribution in [0.15, 0.2) is 24.3 Å². The molecule has 1 aliphatic heterocycles. The molecular weight excluding hydrogens is 226 g/mol. The van der Waals surface area contributed by atoms with Gasteiger partial charge in [0.05, 0.1) is 19.3 Å². The number of rotatable bonds is 6. The maximum Gasteiger partial charge on any atom is 0.0949 e. The van der Waals surface area contributed by atoms with E-state index in [-0.39, 0.29) is 6.10 Å². The summed E-state index contributed by atoms with van der Waals surface area (Å²) >= 11 is 0. The summed E-state index contributed by atoms with van der Waals surface area (Å²) in [4.78, 5) is 0. The number of aryl methyl sites for hydroxylation is 1. The van der Waals surface area contributed by atoms with Gasteiger partial charge in [0.25, 0.3) is 0 Å². The van der Waals surface area contributed by atoms with Gasteiger partial charge in [-0.1, -0.05) is 29.8 Å². The highest BCUT2D eigenvalue weighted by molar-refractivity contribution is 5.23. The summed E-state index contributed by atoms with van der Waals surface area (Å²) in [5, 5.41) is 3.20. The molecule has 2 rings (SSSR count). The summed E-state index contributed by atoms with van der Waals surface area (Å²) in [6.07, 6.45) is 1.26. The minimum Gasteiger partial charge on any atom is -0.381 e. The van der Waals surface area contributed by atoms with E-state index in [0.717, 1.165) is 32.8 Å². The molecule has 0 radical (unpaired) electrons. The molecule has 0 aliphatic carbocycles. The third-order valence-electron chi connectivity index (χ3n) is 3.40. The molecule has 1 N–H and O–H groups in total. The molecule has 0 spiro atoms. The molecule has 0 amide bonds. The normalized spacial score (nSPS) is 21.1. The molecule has 1 aromatic rings. The zero-order valence-corrected chi connectivity index (χ0v) is 11.3. The first-order valence-corrected chi connectivity index (χ1v) is 6.70. The maximum atomic E-state index is 6.05. The summed E-state index contributed by atoms with van der Waals surface area (Å²) in [5.74, 6) is 0.565. The third-order valence-corrected chi connectivity index (χ3v) is 3.40. The summed E-state index contributed by atoms with van der Waals surface area (Å²) < 4.78 is 11.4. The lowest BCUT2D eigenvalue weighted by atomic mass is 10.1. The molecule has 1 aromatic carbocycles. The van der Waals surface area contributed by atoms with Gasteiger partial charge in [-0.15, -0.1) is 0 Å². The van der Waals surface area contributed by atoms with Gasteiger partial charge in [0.1, 0.15) is 0 Å². The van der Waals surface area contributed by atoms with Crippen LogP contribution in [0.5, 0.6) is 0 Å². The zero-order chi connectivity index (χ0) is 12.8. The highest BCUT2D eigenvalue weighted by atomic mass is 16.5. The van der Waals surface area contributed by atoms with E-state index in [4.69, 9.17) is 9.47 Å². The summed E-state index contributed by atoms with van der Waals surface area (Å²) in [6, 6.07) is 8.59. The molecule has 1 fully saturated rings. The van der Waals surface area contributed by atoms with Crippen LogP contribution in [-0.4, -0.2) is 33.4 Å². The molecule has 0 saturated carbocycles. The first-order valence-electron chi connectivity index (χ1n) is 6.70. The number of nitrogens with one attached hydrogen (secondary N) is 1. The predicted octanol–water partition coefficient (Wildman–Crippen LogP) is 2.31. The van der Waals surface area contributed by atoms with Crippen molar-refractivity contribution >= 4 is 0 Å². The van der Waals surface area contributed by atoms with Crippen LogP contribution in [0.25, 0.3) is 0 Å². The van der Waals surface area contributed by atoms with E-state index in [2.05, 4.69) is 36.5 Å². The van der Waals surface area contributed by atoms with Crippen LogP contribution >= 0.6 is 0 Å². The Hall–Kier alpha value is -0.900. The fourth-order valence-corrected chi connectivity index (χ4v) is 2.21. The summed E-state index contributed by atoms with van der Waals surface area (Å²) in [6.45, 7) is 5.47. The lowest BCUT2D eigenvalue weighted by Crippen LogP contribution is -2.22. The van der Waals surface area contributed by atoms with E-state index in [1.165, 1.54) is 11.1 Å². The van der Waals surface area contributed by atoms with Gasteiger partial charge in [0.2, 0.25) is 0 Å². The van der Waals surface area contributed by atoms with Crippen LogP contribution in [0.4, 0.5) is 0 Å². The minimum absolute atomic E-state index is 0.135. The Labute approximate surface area is 109 Å². The molecular formula is C15H23NO2. The number of likely N-dealkylation sites (N-methyl/N-ethyl adjacent to an activating group) is 1. The van der Waals surface area contributed by atoms with Crippen molar-refractivity contribution in [1.29, 1.82) is 0 Å². The molecule has 3 nitrogen and oxygen atoms in total. The van der Waals surface area contributed by atoms with Crippen LogP contribution in [0.2, 0.25) is 0 Å². The number of hydrogen-bond acceptors (Lipinski definition) is 3. The Morgan fingerprint density at radius 1 is 1.39 bits per heavy atom. The minimum atomic E-state index is 0.135. The largest absolute Gasteiger partial charge is 0.381 e. The molecule has 3 heteroatoms. The second-order valence-corrected chi connectivity index (χ2v) is 5.02. The second-order valence-electron chi connectivity index (χ2n) is 5.02. The van der Waals surface area contributed by atoms with Crippen LogP contribution in [0.3, 0.4) is 0 Å². The smallest absolute Gasteiger partial charge is 0.0949 e. The van der Waals surface area contributed by atoms with Gasteiger partial charge < -0.3 is 14.8 Å². The van der Waals surface area contributed by atoms with Crippen LogP contribution in [0.1, 0.15) is 23.7 Å². The van der Waals surface area contributed by atoms with Gasteiger partial charge >= 0.3 is 0 Å². The SMILES string of the molecule is CNCC(OCC1CCOC1)c1ccc(C)cc1. The van der Waals surface area contributed by atoms with Crippen molar-refractivity contribution in [2.75, 3.05) is 33.4 Å². The molecule has 0 aromatic heterocycles. The fraction of sp³-hybridized carbons (Fsp3) is 0.600. The van der Waals surface area contributed by atoms with Gasteiger partial charge in [-0.2, -0.15) is 0 Å². The average molecular weight is 249 g/mol. The van der Waals surface area contributed by atoms with Crippen molar-refractivity contribution in [3.63, 3.8) is 0 Å². The van der Waals surface area contributed by atoms with Gasteiger partial charge in [0.15, 0.2) is 0 Å². The number of ether oxygens (including phenoxy) is 2. The van der Waals surface area contributed by atoms with E-state index >= 15 is 0 Å². The lowest BCUT2D eigenvalue weighted by Gasteiger charge is -2.20. The topological polar surface area (TPSA) is 30.5 Å². The average Bonchev–Trinajstić information content (AvgIpc) is 2.89. The van der Waals surface area contributed by atoms with Crippen molar-refractivity contribution in [1.82, 2.24) is 5.32 Å². The predicted molar refractivity (Wildman–Crippen MR) is 72.7 cm³/mol. The van der Waals surface area contributed by atoms with Crippen molar-refractivity contribution in [2.24, 2.45) is 5.92 Å². The van der Waals surface area contributed by atoms with E-state index in [1.807, 2.05) is 7.05 Å². The zero-order valence-electron chi connectivity index (χ0n) is 11.3. The first-order chi connectivity index (χ1) is 8.79. The number of hydrogen-bond donors (Lipinski definition) is 1. The third kappa shape index (κ3) is 3.80. The van der Waals surface area contributed by atoms with Crippen LogP contribution in [0, 0.1) is 12.8 Å². The Morgan fingerprint density at radius 3 is 2.78 bits per heavy atom. The monoisotopic (exact) mass is 249 g/mol. The number of benzene rings is 1. The van der Waals surface area contributed by atoms with E-state index in [9.17, 15) is 0 Å². The van der Waals surface area contributed by atoms with Gasteiger partial charge in [-0.25, -0.2) is 0 Å². The second kappa shape index (κ2) is 6.88. The van der Waals surface area contributed by atoms with E-state index in [1.54, 1.807) is 0 Å². The summed E-state index contributed by atoms with van der Waals surface area (Å²) in [7, 11) is 1.96. The highest BCUT2D eigenvalue weighted by Crippen LogP contribution is 2.20. The first kappa shape index (κ1) is 13.5. The van der Waals surface area contributed by atoms with Crippen LogP contribution in [-0.2, 0) is 9.47 Å². The van der Waals surface area contributed by atoms with Gasteiger partial charge in [0, 0.05) is 19.1 Å². The Bertz CT molecular complexity index is 344. The van der Waals surface area contributed by atoms with Gasteiger partial charge in [-0.05, 0) is 26.0 Å². The molecule has 100 valence electrons. The van der Waals surface area contributed by atoms with E-state index < -0.39 is 0 Å². The molecule has 2 atom stereocenters.